The average Bonchev–Trinajstić information content (AvgIpc) is 2.67. The zero-order valence-electron chi connectivity index (χ0n) is 17.9. The van der Waals surface area contributed by atoms with E-state index in [0.29, 0.717) is 34.6 Å². The first-order chi connectivity index (χ1) is 14.0. The zero-order valence-corrected chi connectivity index (χ0v) is 19.4. The molecule has 0 spiro atoms. The molecule has 0 radical (unpaired) electrons. The largest absolute Gasteiger partial charge is 0.493 e. The van der Waals surface area contributed by atoms with Crippen molar-refractivity contribution < 1.29 is 22.7 Å². The van der Waals surface area contributed by atoms with Crippen LogP contribution >= 0.6 is 11.6 Å². The van der Waals surface area contributed by atoms with Crippen molar-refractivity contribution >= 4 is 27.3 Å². The predicted octanol–water partition coefficient (Wildman–Crippen LogP) is 4.67. The summed E-state index contributed by atoms with van der Waals surface area (Å²) in [5.74, 6) is 0.971. The van der Waals surface area contributed by atoms with Crippen LogP contribution in [-0.4, -0.2) is 34.3 Å². The van der Waals surface area contributed by atoms with E-state index in [1.165, 1.54) is 19.2 Å². The molecule has 0 saturated carbocycles. The minimum absolute atomic E-state index is 0.231. The molecule has 6 nitrogen and oxygen atoms in total. The lowest BCUT2D eigenvalue weighted by Crippen LogP contribution is -2.26. The molecule has 2 aromatic carbocycles. The summed E-state index contributed by atoms with van der Waals surface area (Å²) < 4.78 is 34.3. The van der Waals surface area contributed by atoms with Gasteiger partial charge in [-0.25, -0.2) is 8.42 Å². The Morgan fingerprint density at radius 1 is 1.13 bits per heavy atom. The van der Waals surface area contributed by atoms with Crippen LogP contribution in [0.5, 0.6) is 11.5 Å². The number of carbonyl (C=O) groups excluding carboxylic acids is 1. The lowest BCUT2D eigenvalue weighted by molar-refractivity contribution is 0.0939. The van der Waals surface area contributed by atoms with Gasteiger partial charge in [-0.2, -0.15) is 0 Å². The molecule has 1 unspecified atom stereocenters. The van der Waals surface area contributed by atoms with Crippen LogP contribution in [0.4, 0.5) is 0 Å². The van der Waals surface area contributed by atoms with Crippen LogP contribution in [0.25, 0.3) is 0 Å². The second kappa shape index (κ2) is 10.2. The normalized spacial score (nSPS) is 12.5. The van der Waals surface area contributed by atoms with Crippen LogP contribution in [0.1, 0.15) is 49.2 Å². The summed E-state index contributed by atoms with van der Waals surface area (Å²) in [6.07, 6.45) is 2.03. The maximum Gasteiger partial charge on any atom is 0.251 e. The third kappa shape index (κ3) is 6.37. The Morgan fingerprint density at radius 3 is 2.30 bits per heavy atom. The Balaban J connectivity index is 2.15. The second-order valence-corrected chi connectivity index (χ2v) is 9.98. The van der Waals surface area contributed by atoms with Crippen LogP contribution in [0.2, 0.25) is 5.02 Å². The molecule has 0 bridgehead atoms. The molecule has 164 valence electrons. The van der Waals surface area contributed by atoms with Crippen molar-refractivity contribution in [3.63, 3.8) is 0 Å². The Kier molecular flexibility index (Phi) is 8.15. The van der Waals surface area contributed by atoms with Crippen LogP contribution in [0, 0.1) is 5.92 Å². The quantitative estimate of drug-likeness (QED) is 0.596. The molecule has 0 aliphatic heterocycles. The molecule has 0 aromatic heterocycles. The highest BCUT2D eigenvalue weighted by atomic mass is 35.5. The number of sulfone groups is 1. The molecule has 0 aliphatic carbocycles. The summed E-state index contributed by atoms with van der Waals surface area (Å²) in [5, 5.41) is 3.18. The van der Waals surface area contributed by atoms with E-state index in [2.05, 4.69) is 19.2 Å². The van der Waals surface area contributed by atoms with Crippen molar-refractivity contribution in [2.24, 2.45) is 5.92 Å². The molecule has 1 amide bonds. The first-order valence-corrected chi connectivity index (χ1v) is 11.9. The summed E-state index contributed by atoms with van der Waals surface area (Å²) in [6.45, 7) is 6.52. The van der Waals surface area contributed by atoms with Gasteiger partial charge in [0.1, 0.15) is 0 Å². The van der Waals surface area contributed by atoms with Crippen molar-refractivity contribution in [3.05, 3.63) is 52.5 Å². The van der Waals surface area contributed by atoms with Crippen molar-refractivity contribution in [1.29, 1.82) is 0 Å². The molecule has 0 aliphatic rings. The molecule has 1 atom stereocenters. The Bertz CT molecular complexity index is 987. The Morgan fingerprint density at radius 2 is 1.77 bits per heavy atom. The van der Waals surface area contributed by atoms with Gasteiger partial charge in [0.05, 0.1) is 29.7 Å². The molecule has 2 aromatic rings. The number of rotatable bonds is 9. The van der Waals surface area contributed by atoms with Gasteiger partial charge in [0, 0.05) is 11.8 Å². The molecule has 8 heteroatoms. The monoisotopic (exact) mass is 453 g/mol. The number of hydrogen-bond donors (Lipinski definition) is 1. The minimum Gasteiger partial charge on any atom is -0.493 e. The van der Waals surface area contributed by atoms with E-state index < -0.39 is 9.84 Å². The Hall–Kier alpha value is -2.25. The average molecular weight is 454 g/mol. The van der Waals surface area contributed by atoms with Gasteiger partial charge in [0.25, 0.3) is 5.91 Å². The fourth-order valence-electron chi connectivity index (χ4n) is 2.75. The summed E-state index contributed by atoms with van der Waals surface area (Å²) in [6, 6.07) is 9.21. The number of nitrogens with one attached hydrogen (secondary N) is 1. The molecule has 1 N–H and O–H groups in total. The fraction of sp³-hybridized carbons (Fsp3) is 0.409. The third-order valence-corrected chi connectivity index (χ3v) is 6.00. The van der Waals surface area contributed by atoms with Gasteiger partial charge < -0.3 is 14.8 Å². The summed E-state index contributed by atoms with van der Waals surface area (Å²) >= 11 is 6.34. The van der Waals surface area contributed by atoms with Gasteiger partial charge in [-0.1, -0.05) is 37.6 Å². The first kappa shape index (κ1) is 24.0. The van der Waals surface area contributed by atoms with Crippen LogP contribution < -0.4 is 14.8 Å². The highest BCUT2D eigenvalue weighted by Crippen LogP contribution is 2.36. The van der Waals surface area contributed by atoms with Gasteiger partial charge in [-0.3, -0.25) is 4.79 Å². The van der Waals surface area contributed by atoms with Gasteiger partial charge >= 0.3 is 0 Å². The summed E-state index contributed by atoms with van der Waals surface area (Å²) in [7, 11) is -1.77. The van der Waals surface area contributed by atoms with Crippen LogP contribution in [-0.2, 0) is 9.84 Å². The molecule has 0 saturated heterocycles. The number of carbonyl (C=O) groups is 1. The van der Waals surface area contributed by atoms with E-state index in [1.54, 1.807) is 24.3 Å². The van der Waals surface area contributed by atoms with E-state index in [-0.39, 0.29) is 16.8 Å². The highest BCUT2D eigenvalue weighted by molar-refractivity contribution is 7.90. The van der Waals surface area contributed by atoms with Crippen molar-refractivity contribution in [3.8, 4) is 11.5 Å². The maximum absolute atomic E-state index is 12.7. The maximum atomic E-state index is 12.7. The predicted molar refractivity (Wildman–Crippen MR) is 118 cm³/mol. The fourth-order valence-corrected chi connectivity index (χ4v) is 3.65. The summed E-state index contributed by atoms with van der Waals surface area (Å²) in [5.41, 5.74) is 1.12. The number of hydrogen-bond acceptors (Lipinski definition) is 5. The van der Waals surface area contributed by atoms with Crippen molar-refractivity contribution in [2.75, 3.05) is 20.0 Å². The summed E-state index contributed by atoms with van der Waals surface area (Å²) in [4.78, 5) is 13.0. The van der Waals surface area contributed by atoms with Gasteiger partial charge in [0.2, 0.25) is 0 Å². The molecule has 30 heavy (non-hydrogen) atoms. The van der Waals surface area contributed by atoms with Crippen molar-refractivity contribution in [2.45, 2.75) is 38.1 Å². The van der Waals surface area contributed by atoms with E-state index in [4.69, 9.17) is 21.1 Å². The van der Waals surface area contributed by atoms with Gasteiger partial charge in [-0.05, 0) is 49.1 Å². The van der Waals surface area contributed by atoms with Crippen LogP contribution in [0.15, 0.2) is 41.3 Å². The molecular weight excluding hydrogens is 426 g/mol. The van der Waals surface area contributed by atoms with Gasteiger partial charge in [-0.15, -0.1) is 0 Å². The Labute approximate surface area is 183 Å². The van der Waals surface area contributed by atoms with E-state index in [1.807, 2.05) is 6.92 Å². The topological polar surface area (TPSA) is 81.7 Å². The lowest BCUT2D eigenvalue weighted by atomic mass is 10.1. The second-order valence-electron chi connectivity index (χ2n) is 7.56. The lowest BCUT2D eigenvalue weighted by Gasteiger charge is -2.17. The highest BCUT2D eigenvalue weighted by Gasteiger charge is 2.18. The first-order valence-electron chi connectivity index (χ1n) is 9.64. The number of benzene rings is 2. The minimum atomic E-state index is -3.27. The van der Waals surface area contributed by atoms with E-state index in [0.717, 1.165) is 18.2 Å². The number of halogens is 1. The number of ether oxygens (including phenoxy) is 2. The number of methoxy groups -OCH3 is 1. The van der Waals surface area contributed by atoms with Crippen molar-refractivity contribution in [1.82, 2.24) is 5.32 Å². The molecule has 0 heterocycles. The third-order valence-electron chi connectivity index (χ3n) is 4.59. The number of amides is 1. The van der Waals surface area contributed by atoms with E-state index >= 15 is 0 Å². The smallest absolute Gasteiger partial charge is 0.251 e. The van der Waals surface area contributed by atoms with Gasteiger partial charge in [0.15, 0.2) is 21.3 Å². The zero-order chi connectivity index (χ0) is 22.5. The molecule has 0 fully saturated rings. The van der Waals surface area contributed by atoms with E-state index in [9.17, 15) is 13.2 Å². The van der Waals surface area contributed by atoms with Crippen LogP contribution in [0.3, 0.4) is 0 Å². The molecular formula is C22H28ClNO5S. The SMILES string of the molecule is COc1cc(C(=O)NC(C)c2ccc(S(C)(=O)=O)cc2)cc(Cl)c1OCCC(C)C. The standard InChI is InChI=1S/C22H28ClNO5S/c1-14(2)10-11-29-21-19(23)12-17(13-20(21)28-4)22(25)24-15(3)16-6-8-18(9-7-16)30(5,26)27/h6-9,12-15H,10-11H2,1-5H3,(H,24,25). The molecule has 2 rings (SSSR count).